The molecular formula is C42H56O6S2. The summed E-state index contributed by atoms with van der Waals surface area (Å²) in [4.78, 5) is 5.53. The smallest absolute Gasteiger partial charge is 0.127 e. The summed E-state index contributed by atoms with van der Waals surface area (Å²) in [5, 5.41) is 0. The molecular weight excluding hydrogens is 665 g/mol. The molecule has 0 radical (unpaired) electrons. The van der Waals surface area contributed by atoms with Crippen molar-refractivity contribution >= 4 is 22.7 Å². The zero-order valence-electron chi connectivity index (χ0n) is 32.0. The summed E-state index contributed by atoms with van der Waals surface area (Å²) in [5.74, 6) is 1.68. The van der Waals surface area contributed by atoms with E-state index in [1.54, 1.807) is 14.2 Å². The summed E-state index contributed by atoms with van der Waals surface area (Å²) in [6.45, 7) is 24.7. The van der Waals surface area contributed by atoms with Crippen molar-refractivity contribution in [3.63, 3.8) is 0 Å². The normalized spacial score (nSPS) is 13.7. The third-order valence-corrected chi connectivity index (χ3v) is 13.2. The van der Waals surface area contributed by atoms with Gasteiger partial charge in [-0.2, -0.15) is 0 Å². The monoisotopic (exact) mass is 720 g/mol. The molecule has 6 nitrogen and oxygen atoms in total. The highest BCUT2D eigenvalue weighted by Gasteiger charge is 2.38. The van der Waals surface area contributed by atoms with Crippen LogP contribution in [-0.2, 0) is 36.2 Å². The van der Waals surface area contributed by atoms with Gasteiger partial charge in [-0.15, -0.1) is 22.7 Å². The fourth-order valence-corrected chi connectivity index (χ4v) is 9.73. The molecule has 8 heteroatoms. The lowest BCUT2D eigenvalue weighted by atomic mass is 9.64. The van der Waals surface area contributed by atoms with Crippen molar-refractivity contribution in [2.75, 3.05) is 67.1 Å². The maximum Gasteiger partial charge on any atom is 0.127 e. The van der Waals surface area contributed by atoms with Gasteiger partial charge in [-0.1, -0.05) is 40.7 Å². The zero-order chi connectivity index (χ0) is 36.2. The van der Waals surface area contributed by atoms with E-state index in [-0.39, 0.29) is 10.8 Å². The van der Waals surface area contributed by atoms with Crippen LogP contribution in [0, 0.1) is 27.7 Å². The lowest BCUT2D eigenvalue weighted by Crippen LogP contribution is -2.33. The summed E-state index contributed by atoms with van der Waals surface area (Å²) < 4.78 is 34.7. The molecule has 0 spiro atoms. The van der Waals surface area contributed by atoms with Crippen LogP contribution in [0.2, 0.25) is 0 Å². The molecule has 50 heavy (non-hydrogen) atoms. The molecule has 0 saturated carbocycles. The van der Waals surface area contributed by atoms with Gasteiger partial charge < -0.3 is 28.4 Å². The van der Waals surface area contributed by atoms with E-state index in [0.717, 1.165) is 29.0 Å². The van der Waals surface area contributed by atoms with Crippen molar-refractivity contribution in [1.82, 2.24) is 0 Å². The average Bonchev–Trinajstić information content (AvgIpc) is 3.53. The van der Waals surface area contributed by atoms with Crippen LogP contribution in [0.3, 0.4) is 0 Å². The van der Waals surface area contributed by atoms with Crippen molar-refractivity contribution in [3.05, 3.63) is 68.6 Å². The number of hydrogen-bond donors (Lipinski definition) is 0. The number of ether oxygens (including phenoxy) is 6. The van der Waals surface area contributed by atoms with Gasteiger partial charge in [-0.05, 0) is 108 Å². The van der Waals surface area contributed by atoms with E-state index >= 15 is 0 Å². The molecule has 0 amide bonds. The van der Waals surface area contributed by atoms with Gasteiger partial charge in [-0.25, -0.2) is 0 Å². The van der Waals surface area contributed by atoms with Crippen LogP contribution in [0.15, 0.2) is 30.3 Å². The van der Waals surface area contributed by atoms with Crippen molar-refractivity contribution in [2.45, 2.75) is 79.6 Å². The van der Waals surface area contributed by atoms with Crippen LogP contribution in [0.25, 0.3) is 31.3 Å². The van der Waals surface area contributed by atoms with Crippen molar-refractivity contribution in [1.29, 1.82) is 0 Å². The summed E-state index contributed by atoms with van der Waals surface area (Å²) >= 11 is 3.87. The Kier molecular flexibility index (Phi) is 12.6. The maximum atomic E-state index is 6.50. The Balaban J connectivity index is 1.58. The molecule has 5 rings (SSSR count). The molecule has 1 aliphatic carbocycles. The van der Waals surface area contributed by atoms with Gasteiger partial charge in [0, 0.05) is 44.9 Å². The Bertz CT molecular complexity index is 1770. The number of hydrogen-bond acceptors (Lipinski definition) is 8. The molecule has 0 saturated heterocycles. The maximum absolute atomic E-state index is 6.50. The van der Waals surface area contributed by atoms with Crippen molar-refractivity contribution in [3.8, 4) is 42.8 Å². The molecule has 4 aromatic rings. The van der Waals surface area contributed by atoms with Gasteiger partial charge in [0.2, 0.25) is 0 Å². The largest absolute Gasteiger partial charge is 0.491 e. The Labute approximate surface area is 308 Å². The topological polar surface area (TPSA) is 55.4 Å². The second-order valence-corrected chi connectivity index (χ2v) is 17.0. The van der Waals surface area contributed by atoms with Crippen molar-refractivity contribution in [2.24, 2.45) is 0 Å². The van der Waals surface area contributed by atoms with E-state index in [0.29, 0.717) is 52.9 Å². The minimum atomic E-state index is 0.110. The minimum absolute atomic E-state index is 0.110. The van der Waals surface area contributed by atoms with Gasteiger partial charge >= 0.3 is 0 Å². The molecule has 2 heterocycles. The van der Waals surface area contributed by atoms with E-state index in [2.05, 4.69) is 92.6 Å². The van der Waals surface area contributed by atoms with Crippen molar-refractivity contribution < 1.29 is 28.4 Å². The highest BCUT2D eigenvalue weighted by Crippen LogP contribution is 2.53. The van der Waals surface area contributed by atoms with Crippen LogP contribution in [0.5, 0.6) is 11.5 Å². The number of benzene rings is 2. The second-order valence-electron chi connectivity index (χ2n) is 14.9. The molecule has 0 fully saturated rings. The molecule has 0 N–H and O–H groups in total. The molecule has 2 aromatic heterocycles. The Morgan fingerprint density at radius 1 is 0.640 bits per heavy atom. The quantitative estimate of drug-likeness (QED) is 0.101. The molecule has 0 atom stereocenters. The molecule has 0 bridgehead atoms. The highest BCUT2D eigenvalue weighted by molar-refractivity contribution is 7.24. The van der Waals surface area contributed by atoms with Gasteiger partial charge in [0.05, 0.1) is 39.6 Å². The Hall–Kier alpha value is -2.72. The number of methoxy groups -OCH3 is 2. The van der Waals surface area contributed by atoms with E-state index in [1.165, 1.54) is 58.5 Å². The number of fused-ring (bicyclic) bond motifs is 1. The SMILES string of the molecule is COCCOCCOc1ccc(-c2sc(-c3sc(C(C)(C)C)c(C)c3C)c(C)c2C)cc1-c1c(OCCOCCOC)ccc2c1CC2(C)C. The van der Waals surface area contributed by atoms with Crippen LogP contribution >= 0.6 is 22.7 Å². The standard InChI is InChI=1S/C42H56O6S2/c1-26-27(2)38(39-28(3)29(4)40(50-39)41(5,6)7)49-37(26)30-12-14-34(47-22-20-45-18-16-43-10)31(24-30)36-32-25-42(8,9)33(32)13-15-35(36)48-23-21-46-19-17-44-11/h12-15,24H,16-23,25H2,1-11H3. The van der Waals surface area contributed by atoms with E-state index < -0.39 is 0 Å². The summed E-state index contributed by atoms with van der Waals surface area (Å²) in [6.07, 6.45) is 0.970. The lowest BCUT2D eigenvalue weighted by Gasteiger charge is -2.40. The van der Waals surface area contributed by atoms with Crippen LogP contribution in [-0.4, -0.2) is 67.1 Å². The lowest BCUT2D eigenvalue weighted by molar-refractivity contribution is 0.0542. The predicted molar refractivity (Wildman–Crippen MR) is 209 cm³/mol. The molecule has 2 aromatic carbocycles. The summed E-state index contributed by atoms with van der Waals surface area (Å²) in [7, 11) is 3.36. The minimum Gasteiger partial charge on any atom is -0.491 e. The second kappa shape index (κ2) is 16.3. The predicted octanol–water partition coefficient (Wildman–Crippen LogP) is 10.3. The van der Waals surface area contributed by atoms with Gasteiger partial charge in [0.1, 0.15) is 24.7 Å². The van der Waals surface area contributed by atoms with E-state index in [1.807, 2.05) is 22.7 Å². The van der Waals surface area contributed by atoms with Gasteiger partial charge in [0.25, 0.3) is 0 Å². The first-order valence-electron chi connectivity index (χ1n) is 17.7. The third-order valence-electron chi connectivity index (χ3n) is 9.75. The van der Waals surface area contributed by atoms with Gasteiger partial charge in [-0.3, -0.25) is 0 Å². The van der Waals surface area contributed by atoms with Crippen LogP contribution in [0.4, 0.5) is 0 Å². The molecule has 0 aliphatic heterocycles. The molecule has 0 unspecified atom stereocenters. The Morgan fingerprint density at radius 3 is 1.76 bits per heavy atom. The first-order chi connectivity index (χ1) is 23.8. The first-order valence-corrected chi connectivity index (χ1v) is 19.3. The summed E-state index contributed by atoms with van der Waals surface area (Å²) in [6, 6.07) is 11.0. The highest BCUT2D eigenvalue weighted by atomic mass is 32.1. The van der Waals surface area contributed by atoms with Gasteiger partial charge in [0.15, 0.2) is 0 Å². The molecule has 1 aliphatic rings. The van der Waals surface area contributed by atoms with Crippen LogP contribution in [0.1, 0.15) is 72.9 Å². The third kappa shape index (κ3) is 8.16. The van der Waals surface area contributed by atoms with E-state index in [4.69, 9.17) is 28.4 Å². The summed E-state index contributed by atoms with van der Waals surface area (Å²) in [5.41, 5.74) is 11.7. The average molecular weight is 721 g/mol. The number of rotatable bonds is 17. The van der Waals surface area contributed by atoms with Crippen LogP contribution < -0.4 is 9.47 Å². The number of thiophene rings is 2. The molecule has 272 valence electrons. The zero-order valence-corrected chi connectivity index (χ0v) is 33.6. The first kappa shape index (κ1) is 38.5. The fourth-order valence-electron chi connectivity index (χ4n) is 6.81. The Morgan fingerprint density at radius 2 is 1.18 bits per heavy atom. The fraction of sp³-hybridized carbons (Fsp3) is 0.524. The van der Waals surface area contributed by atoms with E-state index in [9.17, 15) is 0 Å².